The molecule has 0 aliphatic heterocycles. The molecule has 2 N–H and O–H groups in total. The van der Waals surface area contributed by atoms with Crippen molar-refractivity contribution in [3.05, 3.63) is 85.1 Å². The topological polar surface area (TPSA) is 92.7 Å². The molecule has 0 aliphatic rings. The van der Waals surface area contributed by atoms with Gasteiger partial charge in [-0.25, -0.2) is 0 Å². The molecule has 0 spiro atoms. The average molecular weight is 666 g/mol. The fraction of sp³-hybridized carbons (Fsp3) is 0.595. The Hall–Kier alpha value is -3.41. The lowest BCUT2D eigenvalue weighted by Crippen LogP contribution is -2.28. The maximum Gasteiger partial charge on any atom is 0.322 e. The fourth-order valence-corrected chi connectivity index (χ4v) is 4.78. The third kappa shape index (κ3) is 35.4. The minimum atomic E-state index is -1.04. The summed E-state index contributed by atoms with van der Waals surface area (Å²) >= 11 is 0. The van der Waals surface area contributed by atoms with E-state index in [9.17, 15) is 14.4 Å². The zero-order valence-electron chi connectivity index (χ0n) is 30.3. The van der Waals surface area contributed by atoms with Gasteiger partial charge in [0.2, 0.25) is 5.91 Å². The van der Waals surface area contributed by atoms with E-state index in [4.69, 9.17) is 9.84 Å². The number of ether oxygens (including phenoxy) is 1. The van der Waals surface area contributed by atoms with E-state index < -0.39 is 5.97 Å². The van der Waals surface area contributed by atoms with Crippen LogP contribution < -0.4 is 5.32 Å². The van der Waals surface area contributed by atoms with Gasteiger partial charge in [-0.1, -0.05) is 125 Å². The number of esters is 1. The standard InChI is InChI=1S/C42H67NO5/c1-3-5-7-9-11-13-14-15-16-17-18-19-20-21-22-23-25-27-33-37-42(47)48-39(34-30-26-24-12-10-8-6-4-2)35-31-28-29-32-36-40(44)43-38-41(45)46/h5,7,11-13,15-16,18-19,21-22,24,30,34,39H,3-4,6,8-10,14,17,20,23,25-29,31-33,35-38H2,1-2H3,(H,43,44)(H,45,46)/b7-5-,13-11-,16-15-,19-18-,22-21-,24-12-,34-30-. The number of carbonyl (C=O) groups is 3. The molecule has 270 valence electrons. The van der Waals surface area contributed by atoms with E-state index in [2.05, 4.69) is 98.2 Å². The Kier molecular flexibility index (Phi) is 33.8. The Labute approximate surface area is 293 Å². The van der Waals surface area contributed by atoms with E-state index in [1.54, 1.807) is 0 Å². The van der Waals surface area contributed by atoms with Crippen molar-refractivity contribution >= 4 is 17.8 Å². The molecule has 0 aromatic rings. The van der Waals surface area contributed by atoms with Crippen LogP contribution in [0.25, 0.3) is 0 Å². The van der Waals surface area contributed by atoms with Gasteiger partial charge < -0.3 is 15.2 Å². The van der Waals surface area contributed by atoms with Gasteiger partial charge >= 0.3 is 11.9 Å². The van der Waals surface area contributed by atoms with Crippen LogP contribution in [-0.4, -0.2) is 35.6 Å². The van der Waals surface area contributed by atoms with Gasteiger partial charge in [-0.3, -0.25) is 14.4 Å². The number of nitrogens with one attached hydrogen (secondary N) is 1. The lowest BCUT2D eigenvalue weighted by Gasteiger charge is -2.14. The minimum Gasteiger partial charge on any atom is -0.480 e. The molecule has 0 saturated heterocycles. The summed E-state index contributed by atoms with van der Waals surface area (Å²) in [4.78, 5) is 34.8. The van der Waals surface area contributed by atoms with Crippen LogP contribution in [0.2, 0.25) is 0 Å². The van der Waals surface area contributed by atoms with Crippen LogP contribution in [0.15, 0.2) is 85.1 Å². The fourth-order valence-electron chi connectivity index (χ4n) is 4.78. The monoisotopic (exact) mass is 666 g/mol. The first-order valence-electron chi connectivity index (χ1n) is 18.7. The van der Waals surface area contributed by atoms with Crippen LogP contribution in [0, 0.1) is 0 Å². The quantitative estimate of drug-likeness (QED) is 0.0424. The summed E-state index contributed by atoms with van der Waals surface area (Å²) < 4.78 is 5.84. The largest absolute Gasteiger partial charge is 0.480 e. The minimum absolute atomic E-state index is 0.135. The molecule has 0 aromatic carbocycles. The zero-order chi connectivity index (χ0) is 35.2. The molecule has 1 unspecified atom stereocenters. The predicted molar refractivity (Wildman–Crippen MR) is 203 cm³/mol. The van der Waals surface area contributed by atoms with E-state index in [0.717, 1.165) is 96.3 Å². The molecule has 1 amide bonds. The Morgan fingerprint density at radius 1 is 0.583 bits per heavy atom. The molecule has 48 heavy (non-hydrogen) atoms. The first-order valence-corrected chi connectivity index (χ1v) is 18.7. The van der Waals surface area contributed by atoms with Crippen molar-refractivity contribution in [3.63, 3.8) is 0 Å². The van der Waals surface area contributed by atoms with Crippen LogP contribution in [-0.2, 0) is 19.1 Å². The third-order valence-corrected chi connectivity index (χ3v) is 7.54. The number of hydrogen-bond donors (Lipinski definition) is 2. The summed E-state index contributed by atoms with van der Waals surface area (Å²) in [6.45, 7) is 4.02. The number of rotatable bonds is 32. The molecular weight excluding hydrogens is 598 g/mol. The normalized spacial score (nSPS) is 13.0. The number of unbranched alkanes of at least 4 members (excludes halogenated alkanes) is 9. The lowest BCUT2D eigenvalue weighted by molar-refractivity contribution is -0.147. The molecule has 0 saturated carbocycles. The third-order valence-electron chi connectivity index (χ3n) is 7.54. The van der Waals surface area contributed by atoms with Gasteiger partial charge in [0.25, 0.3) is 0 Å². The Morgan fingerprint density at radius 3 is 1.67 bits per heavy atom. The average Bonchev–Trinajstić information content (AvgIpc) is 3.07. The van der Waals surface area contributed by atoms with Gasteiger partial charge in [-0.05, 0) is 96.0 Å². The SMILES string of the molecule is CC/C=C\C/C=C\C/C=C\C/C=C\C/C=C\CCCCCC(=O)OC(/C=C\C/C=C\CCCCC)CCCCCCC(=O)NCC(=O)O. The molecular formula is C42H67NO5. The van der Waals surface area contributed by atoms with Gasteiger partial charge in [0.05, 0.1) is 0 Å². The van der Waals surface area contributed by atoms with E-state index >= 15 is 0 Å². The Morgan fingerprint density at radius 2 is 1.08 bits per heavy atom. The molecule has 0 aromatic heterocycles. The van der Waals surface area contributed by atoms with Gasteiger partial charge in [0.15, 0.2) is 0 Å². The van der Waals surface area contributed by atoms with Crippen molar-refractivity contribution in [1.29, 1.82) is 0 Å². The van der Waals surface area contributed by atoms with Crippen LogP contribution in [0.3, 0.4) is 0 Å². The van der Waals surface area contributed by atoms with E-state index in [1.165, 1.54) is 19.3 Å². The van der Waals surface area contributed by atoms with Gasteiger partial charge in [-0.2, -0.15) is 0 Å². The smallest absolute Gasteiger partial charge is 0.322 e. The zero-order valence-corrected chi connectivity index (χ0v) is 30.3. The van der Waals surface area contributed by atoms with Crippen LogP contribution >= 0.6 is 0 Å². The molecule has 1 atom stereocenters. The number of amides is 1. The van der Waals surface area contributed by atoms with Crippen molar-refractivity contribution in [2.45, 2.75) is 155 Å². The van der Waals surface area contributed by atoms with Crippen LogP contribution in [0.1, 0.15) is 149 Å². The van der Waals surface area contributed by atoms with Crippen LogP contribution in [0.5, 0.6) is 0 Å². The molecule has 0 rings (SSSR count). The van der Waals surface area contributed by atoms with Crippen molar-refractivity contribution in [1.82, 2.24) is 5.32 Å². The van der Waals surface area contributed by atoms with Crippen molar-refractivity contribution in [2.75, 3.05) is 6.54 Å². The lowest BCUT2D eigenvalue weighted by atomic mass is 10.1. The Bertz CT molecular complexity index is 1000. The second kappa shape index (κ2) is 36.4. The maximum absolute atomic E-state index is 12.6. The predicted octanol–water partition coefficient (Wildman–Crippen LogP) is 11.2. The number of allylic oxidation sites excluding steroid dienone is 13. The van der Waals surface area contributed by atoms with Crippen molar-refractivity contribution in [3.8, 4) is 0 Å². The second-order valence-electron chi connectivity index (χ2n) is 12.1. The highest BCUT2D eigenvalue weighted by Gasteiger charge is 2.11. The second-order valence-corrected chi connectivity index (χ2v) is 12.1. The summed E-state index contributed by atoms with van der Waals surface area (Å²) in [5.74, 6) is -1.40. The van der Waals surface area contributed by atoms with Gasteiger partial charge in [0.1, 0.15) is 12.6 Å². The molecule has 6 heteroatoms. The first-order chi connectivity index (χ1) is 23.5. The number of carboxylic acids is 1. The molecule has 0 radical (unpaired) electrons. The van der Waals surface area contributed by atoms with E-state index in [-0.39, 0.29) is 24.5 Å². The molecule has 0 fully saturated rings. The molecule has 6 nitrogen and oxygen atoms in total. The highest BCUT2D eigenvalue weighted by atomic mass is 16.5. The number of hydrogen-bond acceptors (Lipinski definition) is 4. The van der Waals surface area contributed by atoms with Gasteiger partial charge in [-0.15, -0.1) is 0 Å². The van der Waals surface area contributed by atoms with Crippen LogP contribution in [0.4, 0.5) is 0 Å². The molecule has 0 heterocycles. The van der Waals surface area contributed by atoms with Gasteiger partial charge in [0, 0.05) is 12.8 Å². The summed E-state index contributed by atoms with van der Waals surface area (Å²) in [6, 6.07) is 0. The summed E-state index contributed by atoms with van der Waals surface area (Å²) in [5.41, 5.74) is 0. The number of carbonyl (C=O) groups excluding carboxylic acids is 2. The van der Waals surface area contributed by atoms with Crippen molar-refractivity contribution < 1.29 is 24.2 Å². The number of aliphatic carboxylic acids is 1. The highest BCUT2D eigenvalue weighted by molar-refractivity contribution is 5.80. The highest BCUT2D eigenvalue weighted by Crippen LogP contribution is 2.14. The summed E-state index contributed by atoms with van der Waals surface area (Å²) in [6.07, 6.45) is 50.0. The first kappa shape index (κ1) is 44.6. The van der Waals surface area contributed by atoms with Crippen molar-refractivity contribution in [2.24, 2.45) is 0 Å². The maximum atomic E-state index is 12.6. The van der Waals surface area contributed by atoms with E-state index in [0.29, 0.717) is 19.3 Å². The summed E-state index contributed by atoms with van der Waals surface area (Å²) in [7, 11) is 0. The Balaban J connectivity index is 4.25. The molecule has 0 bridgehead atoms. The summed E-state index contributed by atoms with van der Waals surface area (Å²) in [5, 5.41) is 11.0. The number of carboxylic acid groups (broad SMARTS) is 1. The van der Waals surface area contributed by atoms with E-state index in [1.807, 2.05) is 6.08 Å². The molecule has 0 aliphatic carbocycles.